The number of anilines is 3. The Bertz CT molecular complexity index is 1930. The molecule has 240 valence electrons. The fraction of sp³-hybridized carbons (Fsp3) is 0.0800. The molecule has 4 rings (SSSR count). The Hall–Kier alpha value is -3.97. The van der Waals surface area contributed by atoms with Crippen molar-refractivity contribution in [3.8, 4) is 16.9 Å². The molecule has 1 heterocycles. The summed E-state index contributed by atoms with van der Waals surface area (Å²) in [5.74, 6) is 0.446. The average molecular weight is 724 g/mol. The van der Waals surface area contributed by atoms with E-state index in [1.807, 2.05) is 0 Å². The van der Waals surface area contributed by atoms with Gasteiger partial charge in [0.15, 0.2) is 0 Å². The molecule has 0 radical (unpaired) electrons. The van der Waals surface area contributed by atoms with Crippen LogP contribution < -0.4 is 26.8 Å². The molecule has 20 heteroatoms. The number of carbonyl (C=O) groups excluding carboxylic acids is 1. The summed E-state index contributed by atoms with van der Waals surface area (Å²) in [7, 11) is -9.49. The zero-order valence-electron chi connectivity index (χ0n) is 22.4. The van der Waals surface area contributed by atoms with Crippen molar-refractivity contribution in [1.82, 2.24) is 15.3 Å². The summed E-state index contributed by atoms with van der Waals surface area (Å²) in [4.78, 5) is 20.0. The largest absolute Gasteiger partial charge is 0.486 e. The van der Waals surface area contributed by atoms with Gasteiger partial charge >= 0.3 is 26.7 Å². The van der Waals surface area contributed by atoms with Crippen LogP contribution in [0.25, 0.3) is 11.1 Å². The number of nitrogens with zero attached hydrogens (tertiary/aromatic N) is 2. The van der Waals surface area contributed by atoms with Crippen LogP contribution in [-0.4, -0.2) is 41.9 Å². The summed E-state index contributed by atoms with van der Waals surface area (Å²) in [5.41, 5.74) is 14.4. The molecule has 0 atom stereocenters. The molecule has 0 saturated heterocycles. The number of aromatic nitrogens is 2. The van der Waals surface area contributed by atoms with Crippen LogP contribution in [0.4, 0.5) is 26.1 Å². The molecular weight excluding hydrogens is 702 g/mol. The van der Waals surface area contributed by atoms with Crippen molar-refractivity contribution in [2.45, 2.75) is 18.0 Å². The van der Waals surface area contributed by atoms with Gasteiger partial charge in [-0.25, -0.2) is 9.78 Å². The predicted molar refractivity (Wildman–Crippen MR) is 167 cm³/mol. The van der Waals surface area contributed by atoms with Crippen molar-refractivity contribution in [2.24, 2.45) is 0 Å². The number of benzene rings is 3. The van der Waals surface area contributed by atoms with E-state index in [9.17, 15) is 17.1 Å². The van der Waals surface area contributed by atoms with Crippen LogP contribution in [0.2, 0.25) is 15.1 Å². The molecule has 0 aliphatic carbocycles. The number of ether oxygens (including phenoxy) is 1. The molecule has 14 nitrogen and oxygen atoms in total. The van der Waals surface area contributed by atoms with Gasteiger partial charge in [0.1, 0.15) is 18.2 Å². The maximum Gasteiger partial charge on any atom is 0.394 e. The first-order valence-electron chi connectivity index (χ1n) is 12.0. The minimum atomic E-state index is -4.82. The van der Waals surface area contributed by atoms with Gasteiger partial charge < -0.3 is 26.8 Å². The molecule has 3 aromatic carbocycles. The Kier molecular flexibility index (Phi) is 11.7. The number of nitrogen functional groups attached to an aromatic ring is 2. The molecule has 8 N–H and O–H groups in total. The van der Waals surface area contributed by atoms with Gasteiger partial charge in [-0.05, 0) is 59.7 Å². The van der Waals surface area contributed by atoms with Crippen molar-refractivity contribution in [3.63, 3.8) is 0 Å². The van der Waals surface area contributed by atoms with E-state index in [0.717, 1.165) is 12.1 Å². The standard InChI is InChI=1S/C25H20Cl3FN6O4S.H2O4S/c26-17-7-2-14(10-18(17)27)22-20(34-24(31)35-23(22)30)12-39-21-8-1-13(9-19(21)28)11-32-25(36)33-15-3-5-16(6-4-15)40(29,37)38;1-5(2,3)4/h1-10H,11-12H2,(H2,32,33,36)(H4,30,31,34,35);(H2,1,2,3,4). The van der Waals surface area contributed by atoms with Crippen LogP contribution in [0.1, 0.15) is 11.3 Å². The Balaban J connectivity index is 0.00000102. The van der Waals surface area contributed by atoms with E-state index < -0.39 is 31.5 Å². The summed E-state index contributed by atoms with van der Waals surface area (Å²) in [6, 6.07) is 14.0. The highest BCUT2D eigenvalue weighted by atomic mass is 35.5. The number of carbonyl (C=O) groups is 1. The van der Waals surface area contributed by atoms with E-state index in [2.05, 4.69) is 20.6 Å². The van der Waals surface area contributed by atoms with Crippen molar-refractivity contribution in [3.05, 3.63) is 87.0 Å². The van der Waals surface area contributed by atoms with E-state index in [1.54, 1.807) is 36.4 Å². The van der Waals surface area contributed by atoms with Gasteiger partial charge in [-0.1, -0.05) is 46.9 Å². The van der Waals surface area contributed by atoms with Crippen molar-refractivity contribution in [1.29, 1.82) is 0 Å². The number of rotatable bonds is 8. The Morgan fingerprint density at radius 3 is 2.11 bits per heavy atom. The second-order valence-electron chi connectivity index (χ2n) is 8.69. The predicted octanol–water partition coefficient (Wildman–Crippen LogP) is 5.17. The Morgan fingerprint density at radius 1 is 0.889 bits per heavy atom. The van der Waals surface area contributed by atoms with Crippen LogP contribution in [0.15, 0.2) is 65.6 Å². The molecule has 0 bridgehead atoms. The zero-order chi connectivity index (χ0) is 33.5. The number of hydrogen-bond acceptors (Lipinski definition) is 10. The fourth-order valence-electron chi connectivity index (χ4n) is 3.59. The van der Waals surface area contributed by atoms with Gasteiger partial charge in [-0.2, -0.15) is 21.8 Å². The number of urea groups is 1. The molecule has 45 heavy (non-hydrogen) atoms. The smallest absolute Gasteiger partial charge is 0.394 e. The van der Waals surface area contributed by atoms with Crippen LogP contribution >= 0.6 is 34.8 Å². The number of nitrogens with one attached hydrogen (secondary N) is 2. The molecule has 1 aromatic heterocycles. The molecule has 4 aromatic rings. The molecule has 0 saturated carbocycles. The highest BCUT2D eigenvalue weighted by molar-refractivity contribution is 7.86. The monoisotopic (exact) mass is 722 g/mol. The van der Waals surface area contributed by atoms with E-state index >= 15 is 0 Å². The number of halogens is 4. The minimum absolute atomic E-state index is 0.0332. The normalized spacial score (nSPS) is 11.2. The van der Waals surface area contributed by atoms with Crippen molar-refractivity contribution >= 4 is 78.9 Å². The van der Waals surface area contributed by atoms with Gasteiger partial charge in [0, 0.05) is 17.8 Å². The quantitative estimate of drug-likeness (QED) is 0.102. The third-order valence-corrected chi connectivity index (χ3v) is 7.31. The summed E-state index contributed by atoms with van der Waals surface area (Å²) in [6.07, 6.45) is 0. The first-order chi connectivity index (χ1) is 20.9. The molecule has 0 aliphatic rings. The summed E-state index contributed by atoms with van der Waals surface area (Å²) in [5, 5.41) is 6.13. The van der Waals surface area contributed by atoms with Crippen LogP contribution in [-0.2, 0) is 33.8 Å². The maximum absolute atomic E-state index is 13.0. The molecule has 0 unspecified atom stereocenters. The number of nitrogens with two attached hydrogens (primary N) is 2. The lowest BCUT2D eigenvalue weighted by Crippen LogP contribution is -2.28. The van der Waals surface area contributed by atoms with Gasteiger partial charge in [0.25, 0.3) is 0 Å². The molecular formula is C25H22Cl3FN6O8S2. The molecule has 0 aliphatic heterocycles. The van der Waals surface area contributed by atoms with E-state index in [-0.39, 0.29) is 35.6 Å². The first-order valence-corrected chi connectivity index (χ1v) is 15.9. The van der Waals surface area contributed by atoms with Gasteiger partial charge in [0.2, 0.25) is 5.95 Å². The lowest BCUT2D eigenvalue weighted by molar-refractivity contribution is 0.251. The lowest BCUT2D eigenvalue weighted by Gasteiger charge is -2.15. The summed E-state index contributed by atoms with van der Waals surface area (Å²) in [6.45, 7) is 0.0674. The summed E-state index contributed by atoms with van der Waals surface area (Å²) >= 11 is 18.6. The Labute approximate surface area is 271 Å². The minimum Gasteiger partial charge on any atom is -0.486 e. The average Bonchev–Trinajstić information content (AvgIpc) is 2.92. The Morgan fingerprint density at radius 2 is 1.53 bits per heavy atom. The molecule has 0 fully saturated rings. The topological polar surface area (TPSA) is 237 Å². The highest BCUT2D eigenvalue weighted by Crippen LogP contribution is 2.34. The van der Waals surface area contributed by atoms with Crippen LogP contribution in [0.3, 0.4) is 0 Å². The maximum atomic E-state index is 13.0. The van der Waals surface area contributed by atoms with Gasteiger partial charge in [0.05, 0.1) is 25.7 Å². The highest BCUT2D eigenvalue weighted by Gasteiger charge is 2.17. The van der Waals surface area contributed by atoms with Crippen LogP contribution in [0, 0.1) is 0 Å². The van der Waals surface area contributed by atoms with Gasteiger partial charge in [-0.3, -0.25) is 9.11 Å². The zero-order valence-corrected chi connectivity index (χ0v) is 26.3. The SMILES string of the molecule is Nc1nc(N)c(-c2ccc(Cl)c(Cl)c2)c(COc2ccc(CNC(=O)Nc3ccc(S(=O)(=O)F)cc3)cc2Cl)n1.O=S(=O)(O)O. The third-order valence-electron chi connectivity index (χ3n) is 5.44. The number of hydrogen-bond donors (Lipinski definition) is 6. The van der Waals surface area contributed by atoms with Crippen molar-refractivity contribution in [2.75, 3.05) is 16.8 Å². The second kappa shape index (κ2) is 14.9. The van der Waals surface area contributed by atoms with Crippen molar-refractivity contribution < 1.29 is 39.4 Å². The fourth-order valence-corrected chi connectivity index (χ4v) is 4.61. The first kappa shape index (κ1) is 35.5. The lowest BCUT2D eigenvalue weighted by atomic mass is 10.0. The van der Waals surface area contributed by atoms with E-state index in [4.69, 9.17) is 68.5 Å². The number of amides is 2. The third kappa shape index (κ3) is 11.2. The van der Waals surface area contributed by atoms with Crippen LogP contribution in [0.5, 0.6) is 5.75 Å². The van der Waals surface area contributed by atoms with Gasteiger partial charge in [-0.15, -0.1) is 3.89 Å². The second-order valence-corrected chi connectivity index (χ2v) is 12.2. The van der Waals surface area contributed by atoms with E-state index in [1.165, 1.54) is 12.1 Å². The molecule has 0 spiro atoms. The summed E-state index contributed by atoms with van der Waals surface area (Å²) < 4.78 is 72.3. The molecule has 2 amide bonds. The van der Waals surface area contributed by atoms with E-state index in [0.29, 0.717) is 38.2 Å².